The van der Waals surface area contributed by atoms with Crippen LogP contribution in [-0.2, 0) is 10.2 Å². The molecule has 1 aliphatic rings. The van der Waals surface area contributed by atoms with Crippen molar-refractivity contribution in [1.82, 2.24) is 5.32 Å². The fourth-order valence-electron chi connectivity index (χ4n) is 2.89. The normalized spacial score (nSPS) is 15.2. The highest BCUT2D eigenvalue weighted by Crippen LogP contribution is 2.36. The molecule has 2 aromatic carbocycles. The van der Waals surface area contributed by atoms with Gasteiger partial charge in [-0.05, 0) is 69.5 Å². The molecule has 0 aliphatic carbocycles. The summed E-state index contributed by atoms with van der Waals surface area (Å²) in [6.45, 7) is 7.34. The van der Waals surface area contributed by atoms with E-state index < -0.39 is 0 Å². The van der Waals surface area contributed by atoms with E-state index in [9.17, 15) is 4.79 Å². The van der Waals surface area contributed by atoms with E-state index in [0.29, 0.717) is 33.9 Å². The second-order valence-corrected chi connectivity index (χ2v) is 10.7. The van der Waals surface area contributed by atoms with Crippen LogP contribution in [0.3, 0.4) is 0 Å². The summed E-state index contributed by atoms with van der Waals surface area (Å²) in [6.07, 6.45) is 1.79. The smallest absolute Gasteiger partial charge is 0.263 e. The fourth-order valence-corrected chi connectivity index (χ4v) is 4.72. The average molecular weight is 569 g/mol. The number of ether oxygens (including phenoxy) is 3. The van der Waals surface area contributed by atoms with Crippen molar-refractivity contribution in [3.05, 3.63) is 56.0 Å². The number of carbonyl (C=O) groups is 1. The number of hydrogen-bond donors (Lipinski definition) is 1. The molecule has 0 atom stereocenters. The van der Waals surface area contributed by atoms with E-state index in [1.807, 2.05) is 24.3 Å². The van der Waals surface area contributed by atoms with Crippen molar-refractivity contribution in [3.8, 4) is 17.2 Å². The number of thiocarbonyl (C=S) groups is 1. The van der Waals surface area contributed by atoms with Gasteiger partial charge >= 0.3 is 0 Å². The zero-order valence-electron chi connectivity index (χ0n) is 17.8. The number of thioether (sulfide) groups is 1. The van der Waals surface area contributed by atoms with Crippen molar-refractivity contribution in [1.29, 1.82) is 0 Å². The largest absolute Gasteiger partial charge is 0.493 e. The van der Waals surface area contributed by atoms with E-state index in [1.54, 1.807) is 13.2 Å². The molecule has 0 aromatic heterocycles. The predicted molar refractivity (Wildman–Crippen MR) is 138 cm³/mol. The van der Waals surface area contributed by atoms with Crippen molar-refractivity contribution < 1.29 is 19.0 Å². The molecular weight excluding hydrogens is 545 g/mol. The Bertz CT molecular complexity index is 1010. The van der Waals surface area contributed by atoms with Gasteiger partial charge in [-0.25, -0.2) is 0 Å². The highest BCUT2D eigenvalue weighted by Gasteiger charge is 2.22. The van der Waals surface area contributed by atoms with Crippen LogP contribution in [0.4, 0.5) is 0 Å². The molecule has 0 spiro atoms. The van der Waals surface area contributed by atoms with Crippen molar-refractivity contribution in [2.24, 2.45) is 0 Å². The van der Waals surface area contributed by atoms with Gasteiger partial charge in [-0.1, -0.05) is 56.9 Å². The number of halogens is 1. The molecule has 8 heteroatoms. The minimum Gasteiger partial charge on any atom is -0.493 e. The first-order valence-electron chi connectivity index (χ1n) is 9.66. The average Bonchev–Trinajstić information content (AvgIpc) is 3.02. The number of benzene rings is 2. The van der Waals surface area contributed by atoms with Gasteiger partial charge in [-0.15, -0.1) is 0 Å². The van der Waals surface area contributed by atoms with Crippen LogP contribution in [-0.4, -0.2) is 30.6 Å². The van der Waals surface area contributed by atoms with Gasteiger partial charge in [0, 0.05) is 0 Å². The number of nitrogens with one attached hydrogen (secondary N) is 1. The van der Waals surface area contributed by atoms with Gasteiger partial charge < -0.3 is 19.5 Å². The van der Waals surface area contributed by atoms with Gasteiger partial charge in [0.05, 0.1) is 15.6 Å². The van der Waals surface area contributed by atoms with E-state index in [-0.39, 0.29) is 11.3 Å². The first kappa shape index (κ1) is 23.9. The summed E-state index contributed by atoms with van der Waals surface area (Å²) in [4.78, 5) is 12.5. The van der Waals surface area contributed by atoms with Crippen LogP contribution in [0.25, 0.3) is 6.08 Å². The first-order valence-corrected chi connectivity index (χ1v) is 12.0. The predicted octanol–water partition coefficient (Wildman–Crippen LogP) is 5.54. The molecule has 2 aromatic rings. The lowest BCUT2D eigenvalue weighted by atomic mass is 9.87. The summed E-state index contributed by atoms with van der Waals surface area (Å²) in [5.41, 5.74) is 2.22. The Morgan fingerprint density at radius 2 is 1.81 bits per heavy atom. The highest BCUT2D eigenvalue weighted by atomic mass is 127. The maximum atomic E-state index is 11.9. The number of hydrogen-bond acceptors (Lipinski definition) is 6. The molecule has 1 saturated heterocycles. The quantitative estimate of drug-likeness (QED) is 0.205. The number of rotatable bonds is 7. The Balaban J connectivity index is 1.62. The minimum absolute atomic E-state index is 0.114. The molecule has 0 radical (unpaired) electrons. The molecule has 1 amide bonds. The van der Waals surface area contributed by atoms with Crippen molar-refractivity contribution in [3.63, 3.8) is 0 Å². The van der Waals surface area contributed by atoms with Gasteiger partial charge in [0.25, 0.3) is 5.91 Å². The number of methoxy groups -OCH3 is 1. The van der Waals surface area contributed by atoms with E-state index >= 15 is 0 Å². The Hall–Kier alpha value is -1.78. The SMILES string of the molecule is COc1cc(C=C2SC(=S)NC2=O)cc(I)c1OCCOc1ccc(C(C)(C)C)cc1. The lowest BCUT2D eigenvalue weighted by molar-refractivity contribution is -0.115. The Morgan fingerprint density at radius 3 is 2.39 bits per heavy atom. The van der Waals surface area contributed by atoms with Crippen molar-refractivity contribution in [2.75, 3.05) is 20.3 Å². The summed E-state index contributed by atoms with van der Waals surface area (Å²) in [6, 6.07) is 11.9. The summed E-state index contributed by atoms with van der Waals surface area (Å²) in [7, 11) is 1.59. The van der Waals surface area contributed by atoms with Crippen molar-refractivity contribution in [2.45, 2.75) is 26.2 Å². The summed E-state index contributed by atoms with van der Waals surface area (Å²) >= 11 is 8.48. The summed E-state index contributed by atoms with van der Waals surface area (Å²) in [5, 5.41) is 2.62. The third-order valence-electron chi connectivity index (χ3n) is 4.51. The molecule has 0 saturated carbocycles. The van der Waals surface area contributed by atoms with E-state index in [0.717, 1.165) is 14.9 Å². The maximum Gasteiger partial charge on any atom is 0.263 e. The Morgan fingerprint density at radius 1 is 1.13 bits per heavy atom. The Labute approximate surface area is 206 Å². The van der Waals surface area contributed by atoms with Crippen LogP contribution in [0.2, 0.25) is 0 Å². The van der Waals surface area contributed by atoms with Gasteiger partial charge in [0.2, 0.25) is 0 Å². The zero-order valence-corrected chi connectivity index (χ0v) is 21.6. The minimum atomic E-state index is -0.183. The van der Waals surface area contributed by atoms with Crippen LogP contribution in [0, 0.1) is 3.57 Å². The van der Waals surface area contributed by atoms with Gasteiger partial charge in [0.15, 0.2) is 11.5 Å². The third-order valence-corrected chi connectivity index (χ3v) is 6.47. The summed E-state index contributed by atoms with van der Waals surface area (Å²) < 4.78 is 18.6. The van der Waals surface area contributed by atoms with Crippen LogP contribution in [0.5, 0.6) is 17.2 Å². The van der Waals surface area contributed by atoms with Crippen LogP contribution in [0.15, 0.2) is 41.3 Å². The van der Waals surface area contributed by atoms with Crippen molar-refractivity contribution >= 4 is 62.9 Å². The monoisotopic (exact) mass is 569 g/mol. The lowest BCUT2D eigenvalue weighted by Crippen LogP contribution is -2.17. The van der Waals surface area contributed by atoms with Gasteiger partial charge in [-0.3, -0.25) is 4.79 Å². The third kappa shape index (κ3) is 6.36. The topological polar surface area (TPSA) is 56.8 Å². The number of amides is 1. The standard InChI is InChI=1S/C23H24INO4S2/c1-23(2,3)15-5-7-16(8-6-15)28-9-10-29-20-17(24)11-14(12-18(20)27-4)13-19-21(26)25-22(30)31-19/h5-8,11-13H,9-10H2,1-4H3,(H,25,26,30). The number of carbonyl (C=O) groups excluding carboxylic acids is 1. The molecule has 0 unspecified atom stereocenters. The van der Waals surface area contributed by atoms with E-state index in [1.165, 1.54) is 17.3 Å². The molecular formula is C23H24INO4S2. The van der Waals surface area contributed by atoms with Gasteiger partial charge in [0.1, 0.15) is 23.3 Å². The zero-order chi connectivity index (χ0) is 22.6. The second kappa shape index (κ2) is 10.2. The molecule has 1 heterocycles. The molecule has 31 heavy (non-hydrogen) atoms. The van der Waals surface area contributed by atoms with E-state index in [2.05, 4.69) is 60.8 Å². The first-order chi connectivity index (χ1) is 14.7. The second-order valence-electron chi connectivity index (χ2n) is 7.86. The van der Waals surface area contributed by atoms with Crippen LogP contribution >= 0.6 is 46.6 Å². The summed E-state index contributed by atoms with van der Waals surface area (Å²) in [5.74, 6) is 1.87. The molecule has 1 N–H and O–H groups in total. The highest BCUT2D eigenvalue weighted by molar-refractivity contribution is 14.1. The van der Waals surface area contributed by atoms with E-state index in [4.69, 9.17) is 26.4 Å². The fraction of sp³-hybridized carbons (Fsp3) is 0.304. The molecule has 1 fully saturated rings. The molecule has 3 rings (SSSR count). The molecule has 1 aliphatic heterocycles. The van der Waals surface area contributed by atoms with Gasteiger partial charge in [-0.2, -0.15) is 0 Å². The molecule has 0 bridgehead atoms. The lowest BCUT2D eigenvalue weighted by Gasteiger charge is -2.19. The Kier molecular flexibility index (Phi) is 7.87. The van der Waals surface area contributed by atoms with Crippen LogP contribution < -0.4 is 19.5 Å². The van der Waals surface area contributed by atoms with Crippen LogP contribution in [0.1, 0.15) is 31.9 Å². The maximum absolute atomic E-state index is 11.9. The molecule has 164 valence electrons. The molecule has 5 nitrogen and oxygen atoms in total.